The van der Waals surface area contributed by atoms with E-state index in [1.54, 1.807) is 31.3 Å². The molecule has 2 aromatic heterocycles. The third-order valence-electron chi connectivity index (χ3n) is 4.77. The Morgan fingerprint density at radius 1 is 1.32 bits per heavy atom. The number of anilines is 1. The zero-order valence-electron chi connectivity index (χ0n) is 14.8. The fraction of sp³-hybridized carbons (Fsp3) is 0.316. The van der Waals surface area contributed by atoms with E-state index in [0.29, 0.717) is 16.9 Å². The highest BCUT2D eigenvalue weighted by Crippen LogP contribution is 2.43. The third-order valence-corrected chi connectivity index (χ3v) is 5.46. The normalized spacial score (nSPS) is 15.6. The topological polar surface area (TPSA) is 59.8 Å². The Hall–Kier alpha value is -2.42. The molecule has 28 heavy (non-hydrogen) atoms. The lowest BCUT2D eigenvalue weighted by atomic mass is 10.2. The molecule has 5 nitrogen and oxygen atoms in total. The van der Waals surface area contributed by atoms with E-state index in [4.69, 9.17) is 0 Å². The molecule has 146 valence electrons. The van der Waals surface area contributed by atoms with Gasteiger partial charge in [-0.25, -0.2) is 0 Å². The van der Waals surface area contributed by atoms with Gasteiger partial charge in [-0.1, -0.05) is 22.0 Å². The van der Waals surface area contributed by atoms with Gasteiger partial charge in [0, 0.05) is 27.7 Å². The van der Waals surface area contributed by atoms with Crippen LogP contribution in [0, 0.1) is 0 Å². The summed E-state index contributed by atoms with van der Waals surface area (Å²) in [5.41, 5.74) is 0.571. The van der Waals surface area contributed by atoms with Crippen molar-refractivity contribution >= 4 is 38.4 Å². The van der Waals surface area contributed by atoms with Crippen molar-refractivity contribution < 1.29 is 18.0 Å². The maximum absolute atomic E-state index is 13.1. The van der Waals surface area contributed by atoms with Crippen molar-refractivity contribution in [3.05, 3.63) is 52.4 Å². The smallest absolute Gasteiger partial charge is 0.322 e. The first-order chi connectivity index (χ1) is 13.3. The Morgan fingerprint density at radius 2 is 2.07 bits per heavy atom. The molecule has 1 aromatic carbocycles. The summed E-state index contributed by atoms with van der Waals surface area (Å²) in [5.74, 6) is -0.429. The Kier molecular flexibility index (Phi) is 4.65. The molecular formula is C19H16BrF3N4O. The van der Waals surface area contributed by atoms with E-state index in [1.165, 1.54) is 4.68 Å². The van der Waals surface area contributed by atoms with Crippen LogP contribution in [0.2, 0.25) is 0 Å². The standard InChI is InChI=1S/C19H16BrF3N4O/c1-10(27-15(11-4-5-11)9-16(26-27)19(21,22)23)18(28)25-14-7-6-13(20)12-3-2-8-24-17(12)14/h2-3,6-11H,4-5H2,1H3,(H,25,28). The maximum Gasteiger partial charge on any atom is 0.435 e. The predicted molar refractivity (Wildman–Crippen MR) is 102 cm³/mol. The van der Waals surface area contributed by atoms with E-state index in [0.717, 1.165) is 28.8 Å². The molecule has 1 amide bonds. The summed E-state index contributed by atoms with van der Waals surface area (Å²) in [4.78, 5) is 17.1. The van der Waals surface area contributed by atoms with Crippen LogP contribution in [0.3, 0.4) is 0 Å². The lowest BCUT2D eigenvalue weighted by Gasteiger charge is -2.16. The first-order valence-corrected chi connectivity index (χ1v) is 9.55. The van der Waals surface area contributed by atoms with E-state index >= 15 is 0 Å². The maximum atomic E-state index is 13.1. The zero-order chi connectivity index (χ0) is 20.1. The van der Waals surface area contributed by atoms with Gasteiger partial charge in [-0.05, 0) is 44.0 Å². The first-order valence-electron chi connectivity index (χ1n) is 8.76. The summed E-state index contributed by atoms with van der Waals surface area (Å²) in [5, 5.41) is 7.29. The Bertz CT molecular complexity index is 1060. The molecule has 9 heteroatoms. The molecule has 1 aliphatic rings. The van der Waals surface area contributed by atoms with Crippen LogP contribution in [0.1, 0.15) is 43.1 Å². The Morgan fingerprint density at radius 3 is 2.75 bits per heavy atom. The minimum atomic E-state index is -4.54. The van der Waals surface area contributed by atoms with Gasteiger partial charge < -0.3 is 5.32 Å². The molecule has 0 spiro atoms. The van der Waals surface area contributed by atoms with Crippen LogP contribution in [-0.2, 0) is 11.0 Å². The van der Waals surface area contributed by atoms with E-state index in [1.807, 2.05) is 6.07 Å². The number of aromatic nitrogens is 3. The van der Waals surface area contributed by atoms with Crippen molar-refractivity contribution in [2.75, 3.05) is 5.32 Å². The summed E-state index contributed by atoms with van der Waals surface area (Å²) < 4.78 is 41.3. The van der Waals surface area contributed by atoms with Crippen molar-refractivity contribution in [1.82, 2.24) is 14.8 Å². The number of halogens is 4. The van der Waals surface area contributed by atoms with Crippen LogP contribution in [0.5, 0.6) is 0 Å². The summed E-state index contributed by atoms with van der Waals surface area (Å²) in [6, 6.07) is 7.30. The molecule has 1 N–H and O–H groups in total. The van der Waals surface area contributed by atoms with Gasteiger partial charge in [-0.15, -0.1) is 0 Å². The molecule has 0 radical (unpaired) electrons. The van der Waals surface area contributed by atoms with Gasteiger partial charge in [-0.2, -0.15) is 18.3 Å². The average Bonchev–Trinajstić information content (AvgIpc) is 3.40. The van der Waals surface area contributed by atoms with E-state index in [-0.39, 0.29) is 5.92 Å². The molecule has 1 aliphatic carbocycles. The lowest BCUT2D eigenvalue weighted by molar-refractivity contribution is -0.141. The summed E-state index contributed by atoms with van der Waals surface area (Å²) in [6.07, 6.45) is -1.32. The summed E-state index contributed by atoms with van der Waals surface area (Å²) in [7, 11) is 0. The fourth-order valence-corrected chi connectivity index (χ4v) is 3.58. The van der Waals surface area contributed by atoms with Gasteiger partial charge in [0.05, 0.1) is 11.2 Å². The quantitative estimate of drug-likeness (QED) is 0.584. The van der Waals surface area contributed by atoms with Crippen LogP contribution in [0.25, 0.3) is 10.9 Å². The zero-order valence-corrected chi connectivity index (χ0v) is 16.4. The fourth-order valence-electron chi connectivity index (χ4n) is 3.13. The number of nitrogens with zero attached hydrogens (tertiary/aromatic N) is 3. The minimum absolute atomic E-state index is 0.0222. The molecule has 1 unspecified atom stereocenters. The van der Waals surface area contributed by atoms with Gasteiger partial charge in [0.1, 0.15) is 6.04 Å². The van der Waals surface area contributed by atoms with Crippen molar-refractivity contribution in [2.45, 2.75) is 37.9 Å². The molecule has 0 aliphatic heterocycles. The van der Waals surface area contributed by atoms with E-state index < -0.39 is 23.8 Å². The second-order valence-corrected chi connectivity index (χ2v) is 7.69. The van der Waals surface area contributed by atoms with Crippen molar-refractivity contribution in [1.29, 1.82) is 0 Å². The van der Waals surface area contributed by atoms with Gasteiger partial charge in [0.25, 0.3) is 0 Å². The monoisotopic (exact) mass is 452 g/mol. The third kappa shape index (κ3) is 3.50. The SMILES string of the molecule is CC(C(=O)Nc1ccc(Br)c2cccnc12)n1nc(C(F)(F)F)cc1C1CC1. The lowest BCUT2D eigenvalue weighted by Crippen LogP contribution is -2.26. The summed E-state index contributed by atoms with van der Waals surface area (Å²) in [6.45, 7) is 1.54. The number of carbonyl (C=O) groups is 1. The van der Waals surface area contributed by atoms with E-state index in [9.17, 15) is 18.0 Å². The minimum Gasteiger partial charge on any atom is -0.322 e. The highest BCUT2D eigenvalue weighted by Gasteiger charge is 2.39. The number of rotatable bonds is 4. The van der Waals surface area contributed by atoms with Gasteiger partial charge in [-0.3, -0.25) is 14.5 Å². The summed E-state index contributed by atoms with van der Waals surface area (Å²) >= 11 is 3.44. The number of hydrogen-bond donors (Lipinski definition) is 1. The Labute approximate surface area is 167 Å². The Balaban J connectivity index is 1.65. The van der Waals surface area contributed by atoms with Crippen molar-refractivity contribution in [3.8, 4) is 0 Å². The number of alkyl halides is 3. The van der Waals surface area contributed by atoms with Crippen LogP contribution in [-0.4, -0.2) is 20.7 Å². The van der Waals surface area contributed by atoms with Crippen molar-refractivity contribution in [2.24, 2.45) is 0 Å². The second-order valence-electron chi connectivity index (χ2n) is 6.83. The molecular weight excluding hydrogens is 437 g/mol. The van der Waals surface area contributed by atoms with Crippen LogP contribution >= 0.6 is 15.9 Å². The molecule has 1 fully saturated rings. The highest BCUT2D eigenvalue weighted by atomic mass is 79.9. The number of hydrogen-bond acceptors (Lipinski definition) is 3. The molecule has 1 saturated carbocycles. The molecule has 2 heterocycles. The largest absolute Gasteiger partial charge is 0.435 e. The number of pyridine rings is 1. The molecule has 3 aromatic rings. The number of nitrogens with one attached hydrogen (secondary N) is 1. The molecule has 0 saturated heterocycles. The van der Waals surface area contributed by atoms with Crippen molar-refractivity contribution in [3.63, 3.8) is 0 Å². The molecule has 0 bridgehead atoms. The number of fused-ring (bicyclic) bond motifs is 1. The highest BCUT2D eigenvalue weighted by molar-refractivity contribution is 9.10. The van der Waals surface area contributed by atoms with Gasteiger partial charge >= 0.3 is 6.18 Å². The molecule has 4 rings (SSSR count). The first kappa shape index (κ1) is 18.9. The van der Waals surface area contributed by atoms with Crippen LogP contribution in [0.15, 0.2) is 41.0 Å². The predicted octanol–water partition coefficient (Wildman–Crippen LogP) is 5.29. The van der Waals surface area contributed by atoms with E-state index in [2.05, 4.69) is 31.3 Å². The number of carbonyl (C=O) groups excluding carboxylic acids is 1. The number of benzene rings is 1. The second kappa shape index (κ2) is 6.88. The average molecular weight is 453 g/mol. The van der Waals surface area contributed by atoms with Crippen LogP contribution in [0.4, 0.5) is 18.9 Å². The van der Waals surface area contributed by atoms with Crippen LogP contribution < -0.4 is 5.32 Å². The molecule has 1 atom stereocenters. The van der Waals surface area contributed by atoms with Gasteiger partial charge in [0.2, 0.25) is 5.91 Å². The number of amides is 1. The van der Waals surface area contributed by atoms with Gasteiger partial charge in [0.15, 0.2) is 5.69 Å².